The Bertz CT molecular complexity index is 839. The van der Waals surface area contributed by atoms with Gasteiger partial charge in [-0.05, 0) is 44.0 Å². The van der Waals surface area contributed by atoms with E-state index in [4.69, 9.17) is 4.74 Å². The minimum Gasteiger partial charge on any atom is -0.477 e. The first kappa shape index (κ1) is 21.2. The number of anilines is 1. The summed E-state index contributed by atoms with van der Waals surface area (Å²) < 4.78 is 5.95. The third-order valence-electron chi connectivity index (χ3n) is 5.07. The lowest BCUT2D eigenvalue weighted by molar-refractivity contribution is -0.129. The number of hydrogen-bond acceptors (Lipinski definition) is 4. The van der Waals surface area contributed by atoms with E-state index in [1.807, 2.05) is 69.3 Å². The van der Waals surface area contributed by atoms with Crippen LogP contribution in [-0.2, 0) is 9.59 Å². The van der Waals surface area contributed by atoms with Crippen LogP contribution >= 0.6 is 11.8 Å². The summed E-state index contributed by atoms with van der Waals surface area (Å²) in [6, 6.07) is 17.4. The van der Waals surface area contributed by atoms with E-state index in [1.165, 1.54) is 11.8 Å². The van der Waals surface area contributed by atoms with Gasteiger partial charge >= 0.3 is 0 Å². The zero-order valence-electron chi connectivity index (χ0n) is 17.1. The molecule has 0 bridgehead atoms. The van der Waals surface area contributed by atoms with Crippen molar-refractivity contribution in [2.45, 2.75) is 55.9 Å². The van der Waals surface area contributed by atoms with Gasteiger partial charge in [-0.2, -0.15) is 0 Å². The molecule has 5 nitrogen and oxygen atoms in total. The van der Waals surface area contributed by atoms with Crippen LogP contribution in [0.15, 0.2) is 59.5 Å². The molecule has 0 saturated heterocycles. The number of hydrogen-bond donors (Lipinski definition) is 1. The van der Waals surface area contributed by atoms with Crippen molar-refractivity contribution in [2.75, 3.05) is 11.4 Å². The highest BCUT2D eigenvalue weighted by molar-refractivity contribution is 8.00. The van der Waals surface area contributed by atoms with Crippen LogP contribution in [0.3, 0.4) is 0 Å². The fourth-order valence-corrected chi connectivity index (χ4v) is 4.29. The van der Waals surface area contributed by atoms with E-state index in [0.29, 0.717) is 11.4 Å². The highest BCUT2D eigenvalue weighted by Gasteiger charge is 2.35. The van der Waals surface area contributed by atoms with Crippen molar-refractivity contribution in [1.82, 2.24) is 5.32 Å². The van der Waals surface area contributed by atoms with Crippen LogP contribution in [0.25, 0.3) is 0 Å². The maximum atomic E-state index is 13.3. The van der Waals surface area contributed by atoms with Gasteiger partial charge in [0, 0.05) is 10.9 Å². The maximum absolute atomic E-state index is 13.3. The van der Waals surface area contributed by atoms with Gasteiger partial charge in [-0.1, -0.05) is 44.2 Å². The van der Waals surface area contributed by atoms with Gasteiger partial charge in [0.25, 0.3) is 5.91 Å². The number of benzene rings is 2. The maximum Gasteiger partial charge on any atom is 0.263 e. The fourth-order valence-electron chi connectivity index (χ4n) is 3.34. The van der Waals surface area contributed by atoms with E-state index < -0.39 is 6.10 Å². The van der Waals surface area contributed by atoms with Crippen molar-refractivity contribution >= 4 is 29.3 Å². The normalized spacial score (nSPS) is 16.7. The molecule has 1 aliphatic heterocycles. The third kappa shape index (κ3) is 5.12. The smallest absolute Gasteiger partial charge is 0.263 e. The highest BCUT2D eigenvalue weighted by atomic mass is 32.2. The van der Waals surface area contributed by atoms with E-state index in [9.17, 15) is 9.59 Å². The van der Waals surface area contributed by atoms with E-state index in [-0.39, 0.29) is 29.7 Å². The van der Waals surface area contributed by atoms with Crippen LogP contribution in [0.1, 0.15) is 33.6 Å². The Morgan fingerprint density at radius 3 is 2.45 bits per heavy atom. The number of rotatable bonds is 7. The number of thioether (sulfide) groups is 1. The van der Waals surface area contributed by atoms with Crippen LogP contribution < -0.4 is 15.0 Å². The van der Waals surface area contributed by atoms with Crippen molar-refractivity contribution < 1.29 is 14.3 Å². The number of carbonyl (C=O) groups is 2. The monoisotopic (exact) mass is 412 g/mol. The molecule has 0 saturated carbocycles. The van der Waals surface area contributed by atoms with Gasteiger partial charge in [-0.3, -0.25) is 9.59 Å². The van der Waals surface area contributed by atoms with E-state index in [0.717, 1.165) is 17.7 Å². The molecule has 154 valence electrons. The van der Waals surface area contributed by atoms with Crippen LogP contribution in [0, 0.1) is 0 Å². The molecule has 2 unspecified atom stereocenters. The minimum atomic E-state index is -0.719. The summed E-state index contributed by atoms with van der Waals surface area (Å²) in [5.41, 5.74) is 0.713. The molecule has 1 aliphatic rings. The summed E-state index contributed by atoms with van der Waals surface area (Å²) >= 11 is 1.51. The van der Waals surface area contributed by atoms with Gasteiger partial charge < -0.3 is 15.0 Å². The fraction of sp³-hybridized carbons (Fsp3) is 0.391. The Hall–Kier alpha value is -2.47. The Labute approximate surface area is 176 Å². The first-order chi connectivity index (χ1) is 14.0. The molecule has 2 aromatic rings. The first-order valence-electron chi connectivity index (χ1n) is 10.1. The predicted octanol–water partition coefficient (Wildman–Crippen LogP) is 4.27. The number of para-hydroxylation sites is 2. The quantitative estimate of drug-likeness (QED) is 0.690. The van der Waals surface area contributed by atoms with Gasteiger partial charge in [-0.25, -0.2) is 0 Å². The van der Waals surface area contributed by atoms with Gasteiger partial charge in [0.05, 0.1) is 17.5 Å². The van der Waals surface area contributed by atoms with Gasteiger partial charge in [0.1, 0.15) is 5.75 Å². The molecule has 3 rings (SSSR count). The largest absolute Gasteiger partial charge is 0.477 e. The molecule has 2 amide bonds. The zero-order chi connectivity index (χ0) is 20.8. The molecular weight excluding hydrogens is 384 g/mol. The Balaban J connectivity index is 1.79. The van der Waals surface area contributed by atoms with Gasteiger partial charge in [-0.15, -0.1) is 11.8 Å². The van der Waals surface area contributed by atoms with Crippen molar-refractivity contribution in [3.05, 3.63) is 54.6 Å². The van der Waals surface area contributed by atoms with Crippen molar-refractivity contribution in [1.29, 1.82) is 0 Å². The molecular formula is C23H28N2O3S. The topological polar surface area (TPSA) is 58.6 Å². The summed E-state index contributed by atoms with van der Waals surface area (Å²) in [6.45, 7) is 6.20. The molecule has 0 aromatic heterocycles. The SMILES string of the molecule is CCC(CC)NC(=O)C1CN(C(=O)C(C)Sc2ccccc2)c2ccccc2O1. The number of nitrogens with one attached hydrogen (secondary N) is 1. The summed E-state index contributed by atoms with van der Waals surface area (Å²) in [5.74, 6) is 0.359. The standard InChI is InChI=1S/C23H28N2O3S/c1-4-17(5-2)24-22(26)21-15-25(19-13-9-10-14-20(19)28-21)23(27)16(3)29-18-11-7-6-8-12-18/h6-14,16-17,21H,4-5,15H2,1-3H3,(H,24,26). The lowest BCUT2D eigenvalue weighted by Crippen LogP contribution is -2.53. The van der Waals surface area contributed by atoms with Gasteiger partial charge in [0.15, 0.2) is 6.10 Å². The molecule has 1 N–H and O–H groups in total. The minimum absolute atomic E-state index is 0.0325. The molecule has 6 heteroatoms. The zero-order valence-corrected chi connectivity index (χ0v) is 17.9. The molecule has 0 radical (unpaired) electrons. The number of amides is 2. The number of ether oxygens (including phenoxy) is 1. The van der Waals surface area contributed by atoms with Gasteiger partial charge in [0.2, 0.25) is 5.91 Å². The Morgan fingerprint density at radius 2 is 1.76 bits per heavy atom. The number of carbonyl (C=O) groups excluding carboxylic acids is 2. The van der Waals surface area contributed by atoms with E-state index >= 15 is 0 Å². The summed E-state index contributed by atoms with van der Waals surface area (Å²) in [4.78, 5) is 28.8. The van der Waals surface area contributed by atoms with Crippen molar-refractivity contribution in [2.24, 2.45) is 0 Å². The van der Waals surface area contributed by atoms with Crippen LogP contribution in [-0.4, -0.2) is 35.8 Å². The molecule has 2 atom stereocenters. The average molecular weight is 413 g/mol. The van der Waals surface area contributed by atoms with Crippen molar-refractivity contribution in [3.63, 3.8) is 0 Å². The first-order valence-corrected chi connectivity index (χ1v) is 11.0. The highest BCUT2D eigenvalue weighted by Crippen LogP contribution is 2.35. The molecule has 2 aromatic carbocycles. The number of nitrogens with zero attached hydrogens (tertiary/aromatic N) is 1. The summed E-state index contributed by atoms with van der Waals surface area (Å²) in [6.07, 6.45) is 1.00. The lowest BCUT2D eigenvalue weighted by atomic mass is 10.1. The third-order valence-corrected chi connectivity index (χ3v) is 6.17. The van der Waals surface area contributed by atoms with E-state index in [2.05, 4.69) is 5.32 Å². The Kier molecular flexibility index (Phi) is 7.20. The molecule has 1 heterocycles. The van der Waals surface area contributed by atoms with Crippen LogP contribution in [0.4, 0.5) is 5.69 Å². The Morgan fingerprint density at radius 1 is 1.10 bits per heavy atom. The summed E-state index contributed by atoms with van der Waals surface area (Å²) in [5, 5.41) is 2.75. The van der Waals surface area contributed by atoms with Crippen LogP contribution in [0.5, 0.6) is 5.75 Å². The second-order valence-corrected chi connectivity index (χ2v) is 8.53. The van der Waals surface area contributed by atoms with Crippen LogP contribution in [0.2, 0.25) is 0 Å². The van der Waals surface area contributed by atoms with Crippen molar-refractivity contribution in [3.8, 4) is 5.75 Å². The molecule has 29 heavy (non-hydrogen) atoms. The molecule has 0 aliphatic carbocycles. The second kappa shape index (κ2) is 9.83. The average Bonchev–Trinajstić information content (AvgIpc) is 2.76. The predicted molar refractivity (Wildman–Crippen MR) is 117 cm³/mol. The number of fused-ring (bicyclic) bond motifs is 1. The second-order valence-electron chi connectivity index (χ2n) is 7.12. The lowest BCUT2D eigenvalue weighted by Gasteiger charge is -2.35. The molecule has 0 spiro atoms. The molecule has 0 fully saturated rings. The van der Waals surface area contributed by atoms with E-state index in [1.54, 1.807) is 11.0 Å². The summed E-state index contributed by atoms with van der Waals surface area (Å²) in [7, 11) is 0.